The number of aromatic amines is 1. The summed E-state index contributed by atoms with van der Waals surface area (Å²) in [5, 5.41) is 4.91. The number of benzene rings is 1. The maximum absolute atomic E-state index is 5.90. The summed E-state index contributed by atoms with van der Waals surface area (Å²) < 4.78 is 1.47. The van der Waals surface area contributed by atoms with Crippen LogP contribution in [-0.4, -0.2) is 41.3 Å². The third-order valence-corrected chi connectivity index (χ3v) is 3.07. The minimum absolute atomic E-state index is 0.372. The molecule has 3 N–H and O–H groups in total. The Balaban J connectivity index is 2.36. The van der Waals surface area contributed by atoms with E-state index in [1.807, 2.05) is 50.6 Å². The van der Waals surface area contributed by atoms with E-state index in [2.05, 4.69) is 16.8 Å². The summed E-state index contributed by atoms with van der Waals surface area (Å²) in [5.74, 6) is 1.13. The van der Waals surface area contributed by atoms with E-state index in [9.17, 15) is 0 Å². The summed E-state index contributed by atoms with van der Waals surface area (Å²) in [7, 11) is 3.64. The van der Waals surface area contributed by atoms with Crippen molar-refractivity contribution >= 4 is 30.1 Å². The fraction of sp³-hybridized carbons (Fsp3) is 0.143. The van der Waals surface area contributed by atoms with Crippen LogP contribution in [0.1, 0.15) is 0 Å². The summed E-state index contributed by atoms with van der Waals surface area (Å²) in [6.45, 7) is 3.89. The summed E-state index contributed by atoms with van der Waals surface area (Å²) in [6, 6.07) is 9.54. The number of halogens is 1. The topological polar surface area (TPSA) is 60.4 Å². The number of nitrogens with one attached hydrogen (secondary N) is 1. The monoisotopic (exact) mass is 290 g/mol. The van der Waals surface area contributed by atoms with E-state index in [1.54, 1.807) is 4.90 Å². The highest BCUT2D eigenvalue weighted by molar-refractivity contribution is 6.30. The number of hydrogen-bond acceptors (Lipinski definition) is 1. The number of hydrazone groups is 1. The van der Waals surface area contributed by atoms with Crippen LogP contribution in [-0.2, 0) is 0 Å². The van der Waals surface area contributed by atoms with Gasteiger partial charge in [0, 0.05) is 19.1 Å². The molecule has 1 aromatic carbocycles. The van der Waals surface area contributed by atoms with E-state index in [0.29, 0.717) is 11.0 Å². The van der Waals surface area contributed by atoms with E-state index >= 15 is 0 Å². The molecular formula is C14H17ClN5+. The lowest BCUT2D eigenvalue weighted by Gasteiger charge is -2.09. The second-order valence-corrected chi connectivity index (χ2v) is 4.94. The van der Waals surface area contributed by atoms with Crippen molar-refractivity contribution in [1.29, 1.82) is 0 Å². The second-order valence-electron chi connectivity index (χ2n) is 4.50. The van der Waals surface area contributed by atoms with Gasteiger partial charge in [0.15, 0.2) is 0 Å². The zero-order valence-corrected chi connectivity index (χ0v) is 12.2. The second kappa shape index (κ2) is 5.79. The third-order valence-electron chi connectivity index (χ3n) is 2.82. The molecule has 0 spiro atoms. The Morgan fingerprint density at radius 2 is 1.95 bits per heavy atom. The summed E-state index contributed by atoms with van der Waals surface area (Å²) >= 11 is 5.90. The average molecular weight is 291 g/mol. The molecule has 0 bridgehead atoms. The van der Waals surface area contributed by atoms with Gasteiger partial charge < -0.3 is 10.6 Å². The van der Waals surface area contributed by atoms with Gasteiger partial charge in [-0.15, -0.1) is 4.68 Å². The summed E-state index contributed by atoms with van der Waals surface area (Å²) in [5.41, 5.74) is 7.80. The van der Waals surface area contributed by atoms with Crippen molar-refractivity contribution in [3.05, 3.63) is 41.6 Å². The molecule has 6 heteroatoms. The SMILES string of the molecule is C=[N+](N=C(N)N(C)C)c1[nH]ccc1-c1ccc(Cl)cc1. The number of nitrogens with two attached hydrogens (primary N) is 1. The first-order chi connectivity index (χ1) is 9.49. The van der Waals surface area contributed by atoms with Crippen molar-refractivity contribution in [3.63, 3.8) is 0 Å². The van der Waals surface area contributed by atoms with E-state index in [1.165, 1.54) is 4.68 Å². The minimum atomic E-state index is 0.372. The van der Waals surface area contributed by atoms with Gasteiger partial charge in [-0.2, -0.15) is 0 Å². The van der Waals surface area contributed by atoms with E-state index in [4.69, 9.17) is 17.3 Å². The van der Waals surface area contributed by atoms with Gasteiger partial charge in [0.2, 0.25) is 5.96 Å². The van der Waals surface area contributed by atoms with Crippen molar-refractivity contribution in [2.75, 3.05) is 14.1 Å². The molecule has 104 valence electrons. The zero-order chi connectivity index (χ0) is 14.7. The summed E-state index contributed by atoms with van der Waals surface area (Å²) in [6.07, 6.45) is 1.83. The molecule has 0 aliphatic rings. The van der Waals surface area contributed by atoms with Crippen LogP contribution in [0.4, 0.5) is 5.82 Å². The molecule has 0 saturated carbocycles. The maximum atomic E-state index is 5.90. The van der Waals surface area contributed by atoms with Gasteiger partial charge in [-0.25, -0.2) is 4.98 Å². The lowest BCUT2D eigenvalue weighted by Crippen LogP contribution is -2.31. The van der Waals surface area contributed by atoms with Gasteiger partial charge in [0.1, 0.15) is 0 Å². The molecule has 0 fully saturated rings. The molecule has 0 amide bonds. The molecule has 0 atom stereocenters. The number of H-pyrrole nitrogens is 1. The van der Waals surface area contributed by atoms with Crippen LogP contribution in [0.5, 0.6) is 0 Å². The fourth-order valence-electron chi connectivity index (χ4n) is 1.70. The quantitative estimate of drug-likeness (QED) is 0.395. The van der Waals surface area contributed by atoms with E-state index in [0.717, 1.165) is 16.9 Å². The Hall–Kier alpha value is -2.27. The first kappa shape index (κ1) is 14.1. The van der Waals surface area contributed by atoms with Gasteiger partial charge >= 0.3 is 5.82 Å². The van der Waals surface area contributed by atoms with Crippen LogP contribution in [0.15, 0.2) is 41.6 Å². The molecule has 2 rings (SSSR count). The van der Waals surface area contributed by atoms with Gasteiger partial charge in [-0.05, 0) is 28.9 Å². The smallest absolute Gasteiger partial charge is 0.312 e. The van der Waals surface area contributed by atoms with Crippen LogP contribution in [0.25, 0.3) is 11.1 Å². The predicted octanol–water partition coefficient (Wildman–Crippen LogP) is 2.47. The van der Waals surface area contributed by atoms with Crippen molar-refractivity contribution < 1.29 is 4.68 Å². The molecular weight excluding hydrogens is 274 g/mol. The summed E-state index contributed by atoms with van der Waals surface area (Å²) in [4.78, 5) is 4.82. The van der Waals surface area contributed by atoms with Crippen LogP contribution in [0, 0.1) is 0 Å². The van der Waals surface area contributed by atoms with Gasteiger partial charge in [-0.1, -0.05) is 23.7 Å². The molecule has 0 radical (unpaired) electrons. The zero-order valence-electron chi connectivity index (χ0n) is 11.5. The lowest BCUT2D eigenvalue weighted by molar-refractivity contribution is -0.439. The standard InChI is InChI=1S/C14H17ClN5/c1-19(2)14(16)18-20(3)13-12(8-9-17-13)10-4-6-11(15)7-5-10/h4-9,17H,3H2,1-2H3,(H2,16,18)/q+1. The molecule has 0 saturated heterocycles. The molecule has 5 nitrogen and oxygen atoms in total. The molecule has 2 aromatic rings. The minimum Gasteiger partial charge on any atom is -0.367 e. The van der Waals surface area contributed by atoms with Crippen LogP contribution >= 0.6 is 11.6 Å². The van der Waals surface area contributed by atoms with Crippen molar-refractivity contribution in [1.82, 2.24) is 9.88 Å². The Labute approximate surface area is 123 Å². The molecule has 1 heterocycles. The average Bonchev–Trinajstić information content (AvgIpc) is 2.88. The molecule has 0 aliphatic carbocycles. The van der Waals surface area contributed by atoms with Crippen molar-refractivity contribution in [2.45, 2.75) is 0 Å². The number of nitrogens with zero attached hydrogens (tertiary/aromatic N) is 3. The van der Waals surface area contributed by atoms with Gasteiger partial charge in [0.25, 0.3) is 0 Å². The Morgan fingerprint density at radius 1 is 1.30 bits per heavy atom. The number of guanidine groups is 1. The van der Waals surface area contributed by atoms with Gasteiger partial charge in [-0.3, -0.25) is 0 Å². The van der Waals surface area contributed by atoms with E-state index in [-0.39, 0.29) is 0 Å². The van der Waals surface area contributed by atoms with Gasteiger partial charge in [0.05, 0.1) is 18.5 Å². The molecule has 1 aromatic heterocycles. The number of hydrogen-bond donors (Lipinski definition) is 2. The van der Waals surface area contributed by atoms with Crippen molar-refractivity contribution in [3.8, 4) is 11.1 Å². The maximum Gasteiger partial charge on any atom is 0.312 e. The number of rotatable bonds is 3. The van der Waals surface area contributed by atoms with Crippen molar-refractivity contribution in [2.24, 2.45) is 10.8 Å². The Morgan fingerprint density at radius 3 is 2.55 bits per heavy atom. The molecule has 20 heavy (non-hydrogen) atoms. The number of aromatic nitrogens is 1. The highest BCUT2D eigenvalue weighted by atomic mass is 35.5. The lowest BCUT2D eigenvalue weighted by atomic mass is 10.1. The molecule has 0 aliphatic heterocycles. The normalized spacial score (nSPS) is 11.4. The first-order valence-corrected chi connectivity index (χ1v) is 6.42. The largest absolute Gasteiger partial charge is 0.367 e. The Kier molecular flexibility index (Phi) is 4.10. The fourth-order valence-corrected chi connectivity index (χ4v) is 1.83. The van der Waals surface area contributed by atoms with Crippen LogP contribution in [0.3, 0.4) is 0 Å². The Bertz CT molecular complexity index is 640. The van der Waals surface area contributed by atoms with Crippen LogP contribution < -0.4 is 5.73 Å². The first-order valence-electron chi connectivity index (χ1n) is 6.04. The van der Waals surface area contributed by atoms with Crippen LogP contribution in [0.2, 0.25) is 5.02 Å². The highest BCUT2D eigenvalue weighted by Crippen LogP contribution is 2.29. The molecule has 0 unspecified atom stereocenters. The predicted molar refractivity (Wildman–Crippen MR) is 83.6 cm³/mol. The third kappa shape index (κ3) is 3.00. The van der Waals surface area contributed by atoms with E-state index < -0.39 is 0 Å². The highest BCUT2D eigenvalue weighted by Gasteiger charge is 2.16.